The Balaban J connectivity index is 1.34. The second kappa shape index (κ2) is 20.6. The molecule has 2 bridgehead atoms. The average Bonchev–Trinajstić information content (AvgIpc) is 3.32. The highest BCUT2D eigenvalue weighted by atomic mass is 16.6. The summed E-state index contributed by atoms with van der Waals surface area (Å²) in [6.45, 7) is 9.77. The minimum absolute atomic E-state index is 0.0263. The molecule has 2 saturated carbocycles. The third-order valence-electron chi connectivity index (χ3n) is 14.3. The number of ketones is 1. The van der Waals surface area contributed by atoms with Crippen molar-refractivity contribution in [1.29, 1.82) is 0 Å². The minimum atomic E-state index is -2.49. The molecule has 2 unspecified atom stereocenters. The monoisotopic (exact) mass is 1020 g/mol. The summed E-state index contributed by atoms with van der Waals surface area (Å²) in [5.74, 6) is -8.28. The molecule has 1 heterocycles. The number of para-hydroxylation sites is 2. The number of amides is 1. The quantitative estimate of drug-likeness (QED) is 0.0803. The van der Waals surface area contributed by atoms with E-state index in [0.29, 0.717) is 0 Å². The lowest BCUT2D eigenvalue weighted by Gasteiger charge is -2.67. The minimum Gasteiger partial charge on any atom is -0.479 e. The number of aliphatic carboxylic acids is 1. The van der Waals surface area contributed by atoms with Crippen LogP contribution in [-0.2, 0) is 52.4 Å². The van der Waals surface area contributed by atoms with Crippen LogP contribution in [0, 0.1) is 16.7 Å². The van der Waals surface area contributed by atoms with Crippen LogP contribution in [0.3, 0.4) is 0 Å². The molecule has 1 aliphatic heterocycles. The first-order valence-electron chi connectivity index (χ1n) is 23.7. The van der Waals surface area contributed by atoms with Crippen LogP contribution in [0.2, 0.25) is 0 Å². The van der Waals surface area contributed by atoms with Crippen LogP contribution >= 0.6 is 0 Å². The number of ether oxygens (including phenoxy) is 8. The normalized spacial score (nSPS) is 28.9. The molecule has 5 N–H and O–H groups in total. The van der Waals surface area contributed by atoms with E-state index >= 15 is 9.59 Å². The van der Waals surface area contributed by atoms with E-state index in [1.165, 1.54) is 76.2 Å². The Bertz CT molecular complexity index is 2650. The summed E-state index contributed by atoms with van der Waals surface area (Å²) in [5, 5.41) is 50.0. The second-order valence-electron chi connectivity index (χ2n) is 20.5. The molecule has 20 nitrogen and oxygen atoms in total. The molecule has 3 aromatic carbocycles. The van der Waals surface area contributed by atoms with Crippen molar-refractivity contribution in [2.75, 3.05) is 19.8 Å². The van der Waals surface area contributed by atoms with Crippen molar-refractivity contribution in [1.82, 2.24) is 5.32 Å². The fraction of sp³-hybridized carbons (Fsp3) is 0.491. The lowest BCUT2D eigenvalue weighted by Crippen LogP contribution is -2.81. The number of esters is 4. The number of hydrogen-bond donors (Lipinski definition) is 5. The molecule has 392 valence electrons. The first-order chi connectivity index (χ1) is 34.2. The summed E-state index contributed by atoms with van der Waals surface area (Å²) in [6.07, 6.45) is -12.3. The van der Waals surface area contributed by atoms with Crippen molar-refractivity contribution >= 4 is 41.7 Å². The average molecular weight is 1020 g/mol. The maximum Gasteiger partial charge on any atom is 0.408 e. The summed E-state index contributed by atoms with van der Waals surface area (Å²) in [4.78, 5) is 96.6. The van der Waals surface area contributed by atoms with Crippen molar-refractivity contribution in [2.45, 2.75) is 128 Å². The largest absolute Gasteiger partial charge is 0.479 e. The number of carbonyl (C=O) groups is 7. The topological polar surface area (TPSA) is 286 Å². The zero-order chi connectivity index (χ0) is 53.4. The molecule has 20 heteroatoms. The van der Waals surface area contributed by atoms with Crippen LogP contribution in [0.25, 0.3) is 0 Å². The number of carbonyl (C=O) groups excluding carboxylic acids is 6. The third-order valence-corrected chi connectivity index (χ3v) is 14.3. The standard InChI is InChI=1S/C53H61NO19/c1-28-34(69-47(63)42(40(30-17-11-9-12-18-30)54-48(64)73-49(3,4)5)70-38(59)26-67-33-22-16-15-21-32(33)66-25-37(57)58)24-53(65)45(71-46(62)31-19-13-10-14-20-31)43-51(8,44(61)41(60)39(28)50(53,6)7)35(56)23-36-52(43,27-68-36)72-29(2)55/h9-22,34-36,40-43,45,56,60,65H,23-27H2,1-8H3,(H,54,64)(H,57,58)/t34?,35-,36+,40-,41+,42?,43-,45-,51+,52-,53+/m0/s1. The van der Waals surface area contributed by atoms with Gasteiger partial charge in [0.05, 0.1) is 29.6 Å². The number of benzene rings is 3. The van der Waals surface area contributed by atoms with Crippen LogP contribution in [0.15, 0.2) is 96.1 Å². The highest BCUT2D eigenvalue weighted by molar-refractivity contribution is 5.94. The fourth-order valence-corrected chi connectivity index (χ4v) is 10.8. The Morgan fingerprint density at radius 2 is 1.44 bits per heavy atom. The Morgan fingerprint density at radius 3 is 2.00 bits per heavy atom. The molecule has 3 aromatic rings. The van der Waals surface area contributed by atoms with Gasteiger partial charge in [-0.2, -0.15) is 0 Å². The predicted molar refractivity (Wildman–Crippen MR) is 253 cm³/mol. The number of fused-ring (bicyclic) bond motifs is 5. The molecule has 1 amide bonds. The Kier molecular flexibility index (Phi) is 15.2. The van der Waals surface area contributed by atoms with Gasteiger partial charge in [0.1, 0.15) is 41.7 Å². The second-order valence-corrected chi connectivity index (χ2v) is 20.5. The van der Waals surface area contributed by atoms with Gasteiger partial charge in [-0.3, -0.25) is 9.59 Å². The smallest absolute Gasteiger partial charge is 0.408 e. The van der Waals surface area contributed by atoms with Crippen LogP contribution in [0.4, 0.5) is 4.79 Å². The number of alkyl carbamates (subject to hydrolysis) is 1. The van der Waals surface area contributed by atoms with Crippen LogP contribution in [-0.4, -0.2) is 135 Å². The van der Waals surface area contributed by atoms with Gasteiger partial charge in [0.15, 0.2) is 36.1 Å². The summed E-state index contributed by atoms with van der Waals surface area (Å²) >= 11 is 0. The Hall–Kier alpha value is -6.87. The number of nitrogens with one attached hydrogen (secondary N) is 1. The molecule has 0 spiro atoms. The first-order valence-corrected chi connectivity index (χ1v) is 23.7. The molecule has 4 aliphatic rings. The third kappa shape index (κ3) is 10.4. The van der Waals surface area contributed by atoms with Crippen LogP contribution in [0.1, 0.15) is 90.2 Å². The molecule has 3 fully saturated rings. The molecule has 11 atom stereocenters. The summed E-state index contributed by atoms with van der Waals surface area (Å²) in [7, 11) is 0. The van der Waals surface area contributed by atoms with Gasteiger partial charge in [-0.25, -0.2) is 24.0 Å². The van der Waals surface area contributed by atoms with E-state index in [9.17, 15) is 44.4 Å². The zero-order valence-corrected chi connectivity index (χ0v) is 41.6. The van der Waals surface area contributed by atoms with Gasteiger partial charge < -0.3 is 63.6 Å². The van der Waals surface area contributed by atoms with Gasteiger partial charge in [0.2, 0.25) is 6.10 Å². The summed E-state index contributed by atoms with van der Waals surface area (Å²) < 4.78 is 47.0. The van der Waals surface area contributed by atoms with Gasteiger partial charge in [0, 0.05) is 25.2 Å². The van der Waals surface area contributed by atoms with E-state index in [-0.39, 0.29) is 46.8 Å². The number of Topliss-reactive ketones (excluding diaryl/α,β-unsaturated/α-hetero) is 1. The highest BCUT2D eigenvalue weighted by Crippen LogP contribution is 2.64. The van der Waals surface area contributed by atoms with Crippen LogP contribution in [0.5, 0.6) is 11.5 Å². The van der Waals surface area contributed by atoms with E-state index in [2.05, 4.69) is 5.32 Å². The SMILES string of the molecule is CC(=O)O[C@@]12CO[C@@H]1C[C@H](O)[C@@]1(C)C(=O)[C@H](O)C3=C(C)C(OC(=O)C(OC(=O)COc4ccccc4OCC(=O)O)[C@@H](NC(=O)OC(C)(C)C)c4ccccc4)C[C@@](O)([C@@H](OC(=O)c4ccccc4)[C@H]21)C3(C)C. The first kappa shape index (κ1) is 53.9. The Morgan fingerprint density at radius 1 is 0.849 bits per heavy atom. The van der Waals surface area contributed by atoms with Gasteiger partial charge >= 0.3 is 35.9 Å². The highest BCUT2D eigenvalue weighted by Gasteiger charge is 2.78. The lowest BCUT2D eigenvalue weighted by atomic mass is 9.44. The maximum atomic E-state index is 15.3. The van der Waals surface area contributed by atoms with Crippen molar-refractivity contribution < 1.29 is 91.9 Å². The number of carboxylic acid groups (broad SMARTS) is 1. The lowest BCUT2D eigenvalue weighted by molar-refractivity contribution is -0.346. The zero-order valence-electron chi connectivity index (χ0n) is 41.6. The molecule has 3 aliphatic carbocycles. The number of carboxylic acids is 1. The summed E-state index contributed by atoms with van der Waals surface area (Å²) in [5.41, 5.74) is -9.05. The number of aliphatic hydroxyl groups is 3. The molecule has 0 radical (unpaired) electrons. The molecule has 73 heavy (non-hydrogen) atoms. The molecule has 0 aromatic heterocycles. The fourth-order valence-electron chi connectivity index (χ4n) is 10.8. The number of hydrogen-bond acceptors (Lipinski definition) is 18. The van der Waals surface area contributed by atoms with E-state index in [1.54, 1.807) is 57.2 Å². The van der Waals surface area contributed by atoms with Gasteiger partial charge in [-0.05, 0) is 75.6 Å². The van der Waals surface area contributed by atoms with E-state index < -0.39 is 138 Å². The van der Waals surface area contributed by atoms with Crippen LogP contribution < -0.4 is 14.8 Å². The van der Waals surface area contributed by atoms with Gasteiger partial charge in [-0.1, -0.05) is 74.5 Å². The summed E-state index contributed by atoms with van der Waals surface area (Å²) in [6, 6.07) is 19.9. The number of aliphatic hydroxyl groups excluding tert-OH is 2. The Labute approximate surface area is 420 Å². The van der Waals surface area contributed by atoms with Gasteiger partial charge in [-0.15, -0.1) is 0 Å². The molecular weight excluding hydrogens is 955 g/mol. The van der Waals surface area contributed by atoms with E-state index in [4.69, 9.17) is 37.9 Å². The van der Waals surface area contributed by atoms with Crippen molar-refractivity contribution in [3.63, 3.8) is 0 Å². The van der Waals surface area contributed by atoms with Crippen molar-refractivity contribution in [3.8, 4) is 11.5 Å². The molecule has 7 rings (SSSR count). The molecule has 1 saturated heterocycles. The van der Waals surface area contributed by atoms with Gasteiger partial charge in [0.25, 0.3) is 0 Å². The maximum absolute atomic E-state index is 15.3. The van der Waals surface area contributed by atoms with E-state index in [0.717, 1.165) is 6.92 Å². The molecular formula is C53H61NO19. The predicted octanol–water partition coefficient (Wildman–Crippen LogP) is 4.35. The number of rotatable bonds is 15. The van der Waals surface area contributed by atoms with E-state index in [1.807, 2.05) is 0 Å². The van der Waals surface area contributed by atoms with Crippen molar-refractivity contribution in [2.24, 2.45) is 16.7 Å². The van der Waals surface area contributed by atoms with Crippen molar-refractivity contribution in [3.05, 3.63) is 107 Å².